The van der Waals surface area contributed by atoms with Crippen molar-refractivity contribution in [2.45, 2.75) is 108 Å². The predicted octanol–water partition coefficient (Wildman–Crippen LogP) is 6.56. The molecule has 7 aromatic rings. The smallest absolute Gasteiger partial charge is 0.255 e. The molecule has 0 radical (unpaired) electrons. The number of benzene rings is 2. The number of nitrogens with two attached hydrogens (primary N) is 1. The second-order valence-electron chi connectivity index (χ2n) is 20.8. The van der Waals surface area contributed by atoms with Gasteiger partial charge < -0.3 is 59.3 Å². The number of nitrogens with zero attached hydrogens (tertiary/aromatic N) is 10. The molecule has 2 aromatic carbocycles. The quantitative estimate of drug-likeness (QED) is 0.0749. The van der Waals surface area contributed by atoms with E-state index in [0.717, 1.165) is 54.4 Å². The number of para-hydroxylation sites is 1. The van der Waals surface area contributed by atoms with E-state index < -0.39 is 18.1 Å². The number of β-amino-alcohol motifs (C(OH)–C–C–N with tert-alkyl or cyclic N) is 1. The van der Waals surface area contributed by atoms with Crippen LogP contribution >= 0.6 is 0 Å². The molecule has 5 aromatic heterocycles. The van der Waals surface area contributed by atoms with Gasteiger partial charge in [-0.05, 0) is 97.8 Å². The van der Waals surface area contributed by atoms with Crippen LogP contribution in [0, 0.1) is 24.7 Å². The van der Waals surface area contributed by atoms with Crippen LogP contribution in [0.2, 0.25) is 0 Å². The summed E-state index contributed by atoms with van der Waals surface area (Å²) in [7, 11) is 0. The zero-order valence-corrected chi connectivity index (χ0v) is 43.8. The SMILES string of the molecule is Cc1nccn1-c1ccc([C@H](C)NC(=O)[C@@H]2C[C@@H](O)CN2C(=O)[C@H](c2cc(OCC#Cc3ccc(O[C@H]4C[C@H](Oc5cc(N6C7CCC6CN(c6cc(-c8ccccc8O)nnc6N)C7)ccn5)C4)cn3)no2)C(C)C)cc1. The standard InChI is InChI=1S/C58H62N12O8/c1-34(2)55(58(74)69-33-43(71)25-50(69)57(73)63-35(3)37-11-14-39(15-12-37)68-22-21-60-36(68)4)52-29-54(66-78-52)75-23-7-8-38-13-18-44(30-62-38)76-45-26-46(27-45)77-53-24-40(19-20-61-53)70-41-16-17-42(70)32-67(31-41)49-28-48(64-65-56(49)59)47-9-5-6-10-51(47)72/h5-6,9-15,18-22,24,28-30,34-35,41-43,45-46,50,55,71-72H,16-17,23,25-27,31-33H2,1-4H3,(H2,59,65)(H,63,73)/t35-,41?,42?,43+,45-,46-,50-,55-/m0/s1. The lowest BCUT2D eigenvalue weighted by Crippen LogP contribution is -2.54. The van der Waals surface area contributed by atoms with Crippen molar-refractivity contribution in [1.82, 2.24) is 45.1 Å². The number of aromatic hydroxyl groups is 1. The van der Waals surface area contributed by atoms with Crippen LogP contribution in [0.1, 0.15) is 87.7 Å². The Morgan fingerprint density at radius 2 is 1.64 bits per heavy atom. The lowest BCUT2D eigenvalue weighted by molar-refractivity contribution is -0.141. The number of phenols is 1. The number of carbonyl (C=O) groups is 2. The Hall–Kier alpha value is -8.70. The van der Waals surface area contributed by atoms with E-state index in [1.807, 2.05) is 105 Å². The Labute approximate surface area is 451 Å². The molecule has 8 heterocycles. The highest BCUT2D eigenvalue weighted by atomic mass is 16.5. The fourth-order valence-electron chi connectivity index (χ4n) is 11.1. The molecule has 1 saturated carbocycles. The van der Waals surface area contributed by atoms with Crippen LogP contribution in [-0.2, 0) is 9.59 Å². The molecule has 20 nitrogen and oxygen atoms in total. The summed E-state index contributed by atoms with van der Waals surface area (Å²) in [5.74, 6) is 7.30. The van der Waals surface area contributed by atoms with Crippen LogP contribution in [-0.4, -0.2) is 124 Å². The third-order valence-corrected chi connectivity index (χ3v) is 15.2. The van der Waals surface area contributed by atoms with Crippen molar-refractivity contribution in [2.75, 3.05) is 41.8 Å². The Bertz CT molecular complexity index is 3320. The summed E-state index contributed by atoms with van der Waals surface area (Å²) < 4.78 is 26.0. The first-order valence-electron chi connectivity index (χ1n) is 26.5. The molecule has 3 aliphatic heterocycles. The molecule has 4 aliphatic rings. The maximum absolute atomic E-state index is 14.2. The van der Waals surface area contributed by atoms with Crippen molar-refractivity contribution in [2.24, 2.45) is 5.92 Å². The summed E-state index contributed by atoms with van der Waals surface area (Å²) in [5, 5.41) is 36.8. The van der Waals surface area contributed by atoms with E-state index in [1.165, 1.54) is 4.90 Å². The maximum atomic E-state index is 14.2. The van der Waals surface area contributed by atoms with E-state index in [-0.39, 0.29) is 85.0 Å². The Morgan fingerprint density at radius 1 is 0.859 bits per heavy atom. The highest BCUT2D eigenvalue weighted by Crippen LogP contribution is 2.41. The van der Waals surface area contributed by atoms with Crippen LogP contribution in [0.5, 0.6) is 23.3 Å². The summed E-state index contributed by atoms with van der Waals surface area (Å²) in [4.78, 5) is 47.4. The molecule has 1 aliphatic carbocycles. The molecule has 2 unspecified atom stereocenters. The van der Waals surface area contributed by atoms with Crippen molar-refractivity contribution in [3.63, 3.8) is 0 Å². The number of hydrogen-bond acceptors (Lipinski definition) is 17. The lowest BCUT2D eigenvalue weighted by Gasteiger charge is -2.43. The second kappa shape index (κ2) is 22.1. The number of amides is 2. The van der Waals surface area contributed by atoms with Crippen molar-refractivity contribution in [3.8, 4) is 52.0 Å². The zero-order valence-electron chi connectivity index (χ0n) is 43.8. The van der Waals surface area contributed by atoms with Crippen LogP contribution < -0.4 is 35.1 Å². The number of ether oxygens (including phenoxy) is 3. The number of anilines is 3. The molecule has 6 atom stereocenters. The number of rotatable bonds is 16. The molecule has 2 bridgehead atoms. The number of imidazole rings is 1. The Balaban J connectivity index is 0.627. The minimum absolute atomic E-state index is 0.0146. The minimum Gasteiger partial charge on any atom is -0.507 e. The average Bonchev–Trinajstić information content (AvgIpc) is 4.28. The first kappa shape index (κ1) is 51.4. The number of likely N-dealkylation sites (tertiary alicyclic amines) is 1. The maximum Gasteiger partial charge on any atom is 0.255 e. The average molecular weight is 1060 g/mol. The topological polar surface area (TPSA) is 245 Å². The van der Waals surface area contributed by atoms with Gasteiger partial charge in [-0.2, -0.15) is 0 Å². The summed E-state index contributed by atoms with van der Waals surface area (Å²) >= 11 is 0. The van der Waals surface area contributed by atoms with Crippen molar-refractivity contribution >= 4 is 29.0 Å². The van der Waals surface area contributed by atoms with Gasteiger partial charge >= 0.3 is 0 Å². The van der Waals surface area contributed by atoms with Gasteiger partial charge in [0.2, 0.25) is 17.7 Å². The van der Waals surface area contributed by atoms with E-state index in [2.05, 4.69) is 57.3 Å². The minimum atomic E-state index is -0.866. The highest BCUT2D eigenvalue weighted by Gasteiger charge is 2.44. The zero-order chi connectivity index (χ0) is 54.0. The van der Waals surface area contributed by atoms with Gasteiger partial charge in [0.05, 0.1) is 29.7 Å². The van der Waals surface area contributed by atoms with Gasteiger partial charge in [0.15, 0.2) is 18.2 Å². The normalized spacial score (nSPS) is 21.3. The summed E-state index contributed by atoms with van der Waals surface area (Å²) in [5.41, 5.74) is 11.9. The number of fused-ring (bicyclic) bond motifs is 2. The van der Waals surface area contributed by atoms with Crippen molar-refractivity contribution in [1.29, 1.82) is 0 Å². The summed E-state index contributed by atoms with van der Waals surface area (Å²) in [6.45, 7) is 9.14. The fraction of sp³-hybridized carbons (Fsp3) is 0.379. The molecule has 11 rings (SSSR count). The predicted molar refractivity (Wildman–Crippen MR) is 289 cm³/mol. The number of nitrogen functional groups attached to an aromatic ring is 1. The number of carbonyl (C=O) groups excluding carboxylic acids is 2. The molecule has 4 fully saturated rings. The largest absolute Gasteiger partial charge is 0.507 e. The van der Waals surface area contributed by atoms with Gasteiger partial charge in [-0.3, -0.25) is 9.59 Å². The number of piperazine rings is 1. The molecule has 2 amide bonds. The molecule has 3 saturated heterocycles. The number of phenolic OH excluding ortho intramolecular Hbond substituents is 1. The Morgan fingerprint density at radius 3 is 2.37 bits per heavy atom. The van der Waals surface area contributed by atoms with Crippen LogP contribution in [0.3, 0.4) is 0 Å². The van der Waals surface area contributed by atoms with Gasteiger partial charge in [-0.25, -0.2) is 15.0 Å². The van der Waals surface area contributed by atoms with Gasteiger partial charge in [-0.15, -0.1) is 10.2 Å². The third kappa shape index (κ3) is 11.0. The Kier molecular flexibility index (Phi) is 14.6. The van der Waals surface area contributed by atoms with E-state index in [4.69, 9.17) is 24.5 Å². The van der Waals surface area contributed by atoms with Gasteiger partial charge in [-0.1, -0.05) is 44.0 Å². The number of hydrogen-bond donors (Lipinski definition) is 4. The molecule has 78 heavy (non-hydrogen) atoms. The highest BCUT2D eigenvalue weighted by molar-refractivity contribution is 5.91. The number of aryl methyl sites for hydroxylation is 1. The van der Waals surface area contributed by atoms with Crippen LogP contribution in [0.15, 0.2) is 114 Å². The van der Waals surface area contributed by atoms with Crippen LogP contribution in [0.25, 0.3) is 16.9 Å². The van der Waals surface area contributed by atoms with Crippen molar-refractivity contribution in [3.05, 3.63) is 133 Å². The summed E-state index contributed by atoms with van der Waals surface area (Å²) in [6, 6.07) is 25.4. The number of aliphatic hydroxyl groups is 1. The fourth-order valence-corrected chi connectivity index (χ4v) is 11.1. The second-order valence-corrected chi connectivity index (χ2v) is 20.8. The molecular formula is C58H62N12O8. The molecule has 402 valence electrons. The number of pyridine rings is 2. The molecule has 20 heteroatoms. The number of aliphatic hydroxyl groups excluding tert-OH is 1. The first-order valence-corrected chi connectivity index (χ1v) is 26.5. The van der Waals surface area contributed by atoms with E-state index in [9.17, 15) is 19.8 Å². The van der Waals surface area contributed by atoms with E-state index in [0.29, 0.717) is 47.2 Å². The monoisotopic (exact) mass is 1050 g/mol. The molecule has 0 spiro atoms. The lowest BCUT2D eigenvalue weighted by atomic mass is 9.91. The van der Waals surface area contributed by atoms with Gasteiger partial charge in [0.25, 0.3) is 5.88 Å². The summed E-state index contributed by atoms with van der Waals surface area (Å²) in [6.07, 6.45) is 9.80. The van der Waals surface area contributed by atoms with Gasteiger partial charge in [0, 0.05) is 98.6 Å². The van der Waals surface area contributed by atoms with E-state index in [1.54, 1.807) is 36.7 Å². The third-order valence-electron chi connectivity index (χ3n) is 15.2. The van der Waals surface area contributed by atoms with Gasteiger partial charge in [0.1, 0.15) is 47.2 Å². The first-order chi connectivity index (χ1) is 37.8. The number of nitrogens with one attached hydrogen (secondary N) is 1. The molecular weight excluding hydrogens is 993 g/mol. The van der Waals surface area contributed by atoms with E-state index >= 15 is 0 Å². The number of aromatic nitrogens is 7. The molecule has 5 N–H and O–H groups in total. The van der Waals surface area contributed by atoms with Crippen molar-refractivity contribution < 1.29 is 38.5 Å². The van der Waals surface area contributed by atoms with Crippen LogP contribution in [0.4, 0.5) is 17.2 Å².